The number of hydrogen-bond acceptors (Lipinski definition) is 3. The van der Waals surface area contributed by atoms with Gasteiger partial charge in [-0.1, -0.05) is 62.2 Å². The second-order valence-corrected chi connectivity index (χ2v) is 9.33. The Kier molecular flexibility index (Phi) is 8.70. The summed E-state index contributed by atoms with van der Waals surface area (Å²) < 4.78 is 0. The maximum Gasteiger partial charge on any atom is 0.251 e. The van der Waals surface area contributed by atoms with Crippen molar-refractivity contribution in [1.29, 1.82) is 0 Å². The Balaban J connectivity index is 2.00. The van der Waals surface area contributed by atoms with E-state index in [2.05, 4.69) is 31.4 Å². The Hall–Kier alpha value is -2.57. The van der Waals surface area contributed by atoms with Gasteiger partial charge in [0.05, 0.1) is 22.3 Å². The van der Waals surface area contributed by atoms with Crippen molar-refractivity contribution in [3.63, 3.8) is 0 Å². The van der Waals surface area contributed by atoms with Crippen molar-refractivity contribution in [2.45, 2.75) is 46.1 Å². The first-order chi connectivity index (χ1) is 14.9. The molecule has 2 aromatic carbocycles. The van der Waals surface area contributed by atoms with Crippen LogP contribution in [0.1, 0.15) is 50.5 Å². The number of benzene rings is 2. The van der Waals surface area contributed by atoms with Crippen molar-refractivity contribution in [2.75, 3.05) is 18.4 Å². The molecule has 1 unspecified atom stereocenters. The lowest BCUT2D eigenvalue weighted by atomic mass is 9.86. The standard InChI is InChI=1S/C24H29Cl2N3O3/c1-6-29(14-20(30)28-21-18(25)8-7-9-19(21)26)23(32)15(2)27-22(31)16-10-12-17(13-11-16)24(3,4)5/h7-13,15H,6,14H2,1-5H3,(H,27,31)(H,28,30). The topological polar surface area (TPSA) is 78.5 Å². The lowest BCUT2D eigenvalue weighted by Crippen LogP contribution is -2.49. The van der Waals surface area contributed by atoms with Crippen LogP contribution in [0.25, 0.3) is 0 Å². The van der Waals surface area contributed by atoms with E-state index in [4.69, 9.17) is 23.2 Å². The zero-order valence-electron chi connectivity index (χ0n) is 19.0. The maximum absolute atomic E-state index is 12.8. The monoisotopic (exact) mass is 477 g/mol. The van der Waals surface area contributed by atoms with Crippen molar-refractivity contribution in [3.05, 3.63) is 63.6 Å². The van der Waals surface area contributed by atoms with Crippen LogP contribution in [0.2, 0.25) is 10.0 Å². The van der Waals surface area contributed by atoms with Crippen molar-refractivity contribution in [3.8, 4) is 0 Å². The predicted octanol–water partition coefficient (Wildman–Crippen LogP) is 4.90. The molecule has 172 valence electrons. The van der Waals surface area contributed by atoms with E-state index in [0.29, 0.717) is 27.8 Å². The number of nitrogens with one attached hydrogen (secondary N) is 2. The number of para-hydroxylation sites is 1. The minimum Gasteiger partial charge on any atom is -0.341 e. The molecule has 0 aliphatic rings. The van der Waals surface area contributed by atoms with Gasteiger partial charge in [0.2, 0.25) is 11.8 Å². The number of nitrogens with zero attached hydrogens (tertiary/aromatic N) is 1. The molecule has 0 saturated carbocycles. The minimum atomic E-state index is -0.804. The highest BCUT2D eigenvalue weighted by Crippen LogP contribution is 2.29. The molecule has 0 spiro atoms. The number of hydrogen-bond donors (Lipinski definition) is 2. The van der Waals surface area contributed by atoms with Crippen LogP contribution in [0.15, 0.2) is 42.5 Å². The Morgan fingerprint density at radius 3 is 2.06 bits per heavy atom. The van der Waals surface area contributed by atoms with Gasteiger partial charge in [0.1, 0.15) is 6.04 Å². The Morgan fingerprint density at radius 2 is 1.56 bits per heavy atom. The average molecular weight is 478 g/mol. The third-order valence-electron chi connectivity index (χ3n) is 4.99. The van der Waals surface area contributed by atoms with E-state index < -0.39 is 11.9 Å². The van der Waals surface area contributed by atoms with E-state index >= 15 is 0 Å². The van der Waals surface area contributed by atoms with Gasteiger partial charge in [-0.3, -0.25) is 14.4 Å². The highest BCUT2D eigenvalue weighted by Gasteiger charge is 2.24. The third kappa shape index (κ3) is 6.71. The summed E-state index contributed by atoms with van der Waals surface area (Å²) in [7, 11) is 0. The summed E-state index contributed by atoms with van der Waals surface area (Å²) in [6.45, 7) is 9.73. The Bertz CT molecular complexity index is 965. The van der Waals surface area contributed by atoms with E-state index in [-0.39, 0.29) is 23.8 Å². The summed E-state index contributed by atoms with van der Waals surface area (Å²) >= 11 is 12.2. The first-order valence-corrected chi connectivity index (χ1v) is 11.1. The molecule has 0 fully saturated rings. The number of carbonyl (C=O) groups is 3. The highest BCUT2D eigenvalue weighted by atomic mass is 35.5. The Labute approximate surface area is 199 Å². The molecule has 0 aromatic heterocycles. The van der Waals surface area contributed by atoms with Crippen LogP contribution in [-0.4, -0.2) is 41.8 Å². The molecule has 0 radical (unpaired) electrons. The normalized spacial score (nSPS) is 12.1. The molecule has 0 aliphatic carbocycles. The molecule has 0 heterocycles. The summed E-state index contributed by atoms with van der Waals surface area (Å²) in [5.41, 5.74) is 1.85. The van der Waals surface area contributed by atoms with Crippen LogP contribution >= 0.6 is 23.2 Å². The predicted molar refractivity (Wildman–Crippen MR) is 129 cm³/mol. The summed E-state index contributed by atoms with van der Waals surface area (Å²) in [6, 6.07) is 11.4. The number of carbonyl (C=O) groups excluding carboxylic acids is 3. The fraction of sp³-hybridized carbons (Fsp3) is 0.375. The molecule has 0 bridgehead atoms. The smallest absolute Gasteiger partial charge is 0.251 e. The molecule has 2 aromatic rings. The van der Waals surface area contributed by atoms with Gasteiger partial charge in [-0.05, 0) is 49.1 Å². The fourth-order valence-electron chi connectivity index (χ4n) is 3.05. The van der Waals surface area contributed by atoms with Crippen molar-refractivity contribution >= 4 is 46.6 Å². The number of amides is 3. The quantitative estimate of drug-likeness (QED) is 0.595. The largest absolute Gasteiger partial charge is 0.341 e. The van der Waals surface area contributed by atoms with Gasteiger partial charge in [-0.15, -0.1) is 0 Å². The first-order valence-electron chi connectivity index (χ1n) is 10.4. The number of likely N-dealkylation sites (N-methyl/N-ethyl adjacent to an activating group) is 1. The molecular formula is C24H29Cl2N3O3. The van der Waals surface area contributed by atoms with Gasteiger partial charge in [0, 0.05) is 12.1 Å². The summed E-state index contributed by atoms with van der Waals surface area (Å²) in [5.74, 6) is -1.16. The lowest BCUT2D eigenvalue weighted by Gasteiger charge is -2.25. The number of rotatable bonds is 7. The van der Waals surface area contributed by atoms with Crippen LogP contribution < -0.4 is 10.6 Å². The van der Waals surface area contributed by atoms with Gasteiger partial charge in [0.15, 0.2) is 0 Å². The van der Waals surface area contributed by atoms with Crippen molar-refractivity contribution < 1.29 is 14.4 Å². The molecule has 0 saturated heterocycles. The summed E-state index contributed by atoms with van der Waals surface area (Å²) in [5, 5.41) is 5.95. The van der Waals surface area contributed by atoms with Crippen LogP contribution in [0, 0.1) is 0 Å². The average Bonchev–Trinajstić information content (AvgIpc) is 2.73. The summed E-state index contributed by atoms with van der Waals surface area (Å²) in [4.78, 5) is 39.2. The Morgan fingerprint density at radius 1 is 1.00 bits per heavy atom. The number of halogens is 2. The molecule has 6 nitrogen and oxygen atoms in total. The maximum atomic E-state index is 12.8. The molecule has 2 N–H and O–H groups in total. The zero-order valence-corrected chi connectivity index (χ0v) is 20.5. The third-order valence-corrected chi connectivity index (χ3v) is 5.62. The second kappa shape index (κ2) is 10.8. The van der Waals surface area contributed by atoms with Crippen LogP contribution in [-0.2, 0) is 15.0 Å². The van der Waals surface area contributed by atoms with E-state index in [1.807, 2.05) is 12.1 Å². The molecule has 1 atom stereocenters. The van der Waals surface area contributed by atoms with Gasteiger partial charge in [-0.25, -0.2) is 0 Å². The van der Waals surface area contributed by atoms with Crippen LogP contribution in [0.4, 0.5) is 5.69 Å². The molecule has 2 rings (SSSR count). The minimum absolute atomic E-state index is 0.0192. The lowest BCUT2D eigenvalue weighted by molar-refractivity contribution is -0.135. The van der Waals surface area contributed by atoms with Gasteiger partial charge >= 0.3 is 0 Å². The highest BCUT2D eigenvalue weighted by molar-refractivity contribution is 6.39. The summed E-state index contributed by atoms with van der Waals surface area (Å²) in [6.07, 6.45) is 0. The SMILES string of the molecule is CCN(CC(=O)Nc1c(Cl)cccc1Cl)C(=O)C(C)NC(=O)c1ccc(C(C)(C)C)cc1. The zero-order chi connectivity index (χ0) is 24.1. The first kappa shape index (κ1) is 25.7. The fourth-order valence-corrected chi connectivity index (χ4v) is 3.54. The van der Waals surface area contributed by atoms with Gasteiger partial charge in [-0.2, -0.15) is 0 Å². The molecule has 3 amide bonds. The molecule has 8 heteroatoms. The second-order valence-electron chi connectivity index (χ2n) is 8.52. The van der Waals surface area contributed by atoms with Crippen LogP contribution in [0.3, 0.4) is 0 Å². The number of anilines is 1. The molecule has 0 aliphatic heterocycles. The van der Waals surface area contributed by atoms with Gasteiger partial charge in [0.25, 0.3) is 5.91 Å². The van der Waals surface area contributed by atoms with E-state index in [1.54, 1.807) is 44.2 Å². The van der Waals surface area contributed by atoms with E-state index in [9.17, 15) is 14.4 Å². The van der Waals surface area contributed by atoms with Crippen LogP contribution in [0.5, 0.6) is 0 Å². The van der Waals surface area contributed by atoms with Crippen molar-refractivity contribution in [1.82, 2.24) is 10.2 Å². The molecule has 32 heavy (non-hydrogen) atoms. The van der Waals surface area contributed by atoms with Gasteiger partial charge < -0.3 is 15.5 Å². The van der Waals surface area contributed by atoms with Crippen molar-refractivity contribution in [2.24, 2.45) is 0 Å². The van der Waals surface area contributed by atoms with E-state index in [1.165, 1.54) is 4.90 Å². The van der Waals surface area contributed by atoms with E-state index in [0.717, 1.165) is 5.56 Å². The molecular weight excluding hydrogens is 449 g/mol.